The number of amides is 4. The number of ether oxygens (including phenoxy) is 2. The number of benzene rings is 3. The van der Waals surface area contributed by atoms with Gasteiger partial charge in [-0.05, 0) is 73.7 Å². The van der Waals surface area contributed by atoms with E-state index in [1.54, 1.807) is 48.0 Å². The van der Waals surface area contributed by atoms with Gasteiger partial charge in [0.1, 0.15) is 11.5 Å². The van der Waals surface area contributed by atoms with Crippen LogP contribution in [0, 0.1) is 0 Å². The summed E-state index contributed by atoms with van der Waals surface area (Å²) in [6.45, 7) is 1.29. The number of thiazole rings is 1. The first-order valence-corrected chi connectivity index (χ1v) is 17.2. The van der Waals surface area contributed by atoms with E-state index in [9.17, 15) is 19.2 Å². The molecule has 1 aliphatic heterocycles. The standard InChI is InChI=1S/C36H38N6O6S/c37-30(18-27-21-49-22-39-27)35(45)38-14-1-2-15-47-29-5-3-4-26(17-29)40-34(44)24-8-6-23(7-9-24)19-42(28-11-12-28)36(46)25-10-13-31-32(16-25)48-20-33(43)41-31/h3-10,13,16-17,21-22,28,30H,1-2,11-12,14-15,18-20,37H2,(H,38,45)(H,40,44)(H,41,43)/t30-/m0/s1. The molecule has 12 nitrogen and oxygen atoms in total. The topological polar surface area (TPSA) is 165 Å². The van der Waals surface area contributed by atoms with Crippen LogP contribution in [0.1, 0.15) is 57.7 Å². The zero-order valence-electron chi connectivity index (χ0n) is 26.9. The van der Waals surface area contributed by atoms with Gasteiger partial charge in [0, 0.05) is 53.8 Å². The smallest absolute Gasteiger partial charge is 0.262 e. The molecule has 4 amide bonds. The van der Waals surface area contributed by atoms with Crippen molar-refractivity contribution in [2.24, 2.45) is 5.73 Å². The Balaban J connectivity index is 0.947. The molecule has 0 bridgehead atoms. The molecule has 6 rings (SSSR count). The molecule has 1 fully saturated rings. The molecule has 254 valence electrons. The largest absolute Gasteiger partial charge is 0.494 e. The number of nitrogens with one attached hydrogen (secondary N) is 3. The van der Waals surface area contributed by atoms with Crippen LogP contribution in [-0.2, 0) is 22.6 Å². The third kappa shape index (κ3) is 9.21. The summed E-state index contributed by atoms with van der Waals surface area (Å²) < 4.78 is 11.4. The molecule has 1 aliphatic carbocycles. The lowest BCUT2D eigenvalue weighted by Gasteiger charge is -2.24. The van der Waals surface area contributed by atoms with Gasteiger partial charge < -0.3 is 36.1 Å². The molecule has 0 unspecified atom stereocenters. The van der Waals surface area contributed by atoms with Crippen molar-refractivity contribution in [3.63, 3.8) is 0 Å². The minimum atomic E-state index is -0.626. The Hall–Kier alpha value is -5.27. The van der Waals surface area contributed by atoms with Gasteiger partial charge in [0.2, 0.25) is 5.91 Å². The number of hydrogen-bond donors (Lipinski definition) is 4. The predicted octanol–water partition coefficient (Wildman–Crippen LogP) is 4.38. The van der Waals surface area contributed by atoms with Crippen LogP contribution in [-0.4, -0.2) is 65.4 Å². The molecule has 1 aromatic heterocycles. The van der Waals surface area contributed by atoms with Gasteiger partial charge in [0.05, 0.1) is 29.5 Å². The van der Waals surface area contributed by atoms with Crippen LogP contribution in [0.5, 0.6) is 11.5 Å². The summed E-state index contributed by atoms with van der Waals surface area (Å²) in [5.74, 6) is 0.323. The highest BCUT2D eigenvalue weighted by Gasteiger charge is 2.33. The van der Waals surface area contributed by atoms with Crippen molar-refractivity contribution in [1.82, 2.24) is 15.2 Å². The van der Waals surface area contributed by atoms with Gasteiger partial charge in [-0.2, -0.15) is 0 Å². The number of hydrogen-bond acceptors (Lipinski definition) is 9. The number of aromatic nitrogens is 1. The van der Waals surface area contributed by atoms with Crippen LogP contribution >= 0.6 is 11.3 Å². The molecule has 5 N–H and O–H groups in total. The molecule has 13 heteroatoms. The number of fused-ring (bicyclic) bond motifs is 1. The maximum absolute atomic E-state index is 13.5. The van der Waals surface area contributed by atoms with Crippen molar-refractivity contribution in [2.75, 3.05) is 30.4 Å². The summed E-state index contributed by atoms with van der Waals surface area (Å²) in [5, 5.41) is 10.4. The highest BCUT2D eigenvalue weighted by molar-refractivity contribution is 7.07. The summed E-state index contributed by atoms with van der Waals surface area (Å²) >= 11 is 1.48. The molecule has 2 aliphatic rings. The summed E-state index contributed by atoms with van der Waals surface area (Å²) in [7, 11) is 0. The molecule has 49 heavy (non-hydrogen) atoms. The van der Waals surface area contributed by atoms with Gasteiger partial charge in [-0.1, -0.05) is 18.2 Å². The van der Waals surface area contributed by atoms with E-state index in [-0.39, 0.29) is 36.3 Å². The highest BCUT2D eigenvalue weighted by Crippen LogP contribution is 2.33. The second-order valence-corrected chi connectivity index (χ2v) is 12.7. The van der Waals surface area contributed by atoms with Crippen LogP contribution in [0.4, 0.5) is 11.4 Å². The van der Waals surface area contributed by atoms with E-state index in [4.69, 9.17) is 15.2 Å². The van der Waals surface area contributed by atoms with Crippen molar-refractivity contribution in [3.05, 3.63) is 100 Å². The Morgan fingerprint density at radius 2 is 1.88 bits per heavy atom. The van der Waals surface area contributed by atoms with Crippen LogP contribution in [0.2, 0.25) is 0 Å². The van der Waals surface area contributed by atoms with E-state index < -0.39 is 6.04 Å². The first-order chi connectivity index (χ1) is 23.8. The Morgan fingerprint density at radius 1 is 1.06 bits per heavy atom. The summed E-state index contributed by atoms with van der Waals surface area (Å²) in [5.41, 5.74) is 11.6. The summed E-state index contributed by atoms with van der Waals surface area (Å²) in [4.78, 5) is 56.3. The normalized spacial score (nSPS) is 14.1. The fourth-order valence-corrected chi connectivity index (χ4v) is 5.94. The monoisotopic (exact) mass is 682 g/mol. The summed E-state index contributed by atoms with van der Waals surface area (Å²) in [6, 6.07) is 19.0. The first-order valence-electron chi connectivity index (χ1n) is 16.2. The Bertz CT molecular complexity index is 1790. The van der Waals surface area contributed by atoms with Crippen molar-refractivity contribution < 1.29 is 28.7 Å². The zero-order valence-corrected chi connectivity index (χ0v) is 27.7. The van der Waals surface area contributed by atoms with E-state index >= 15 is 0 Å². The molecule has 2 heterocycles. The van der Waals surface area contributed by atoms with Gasteiger partial charge in [0.25, 0.3) is 17.7 Å². The van der Waals surface area contributed by atoms with Gasteiger partial charge >= 0.3 is 0 Å². The van der Waals surface area contributed by atoms with Gasteiger partial charge in [-0.25, -0.2) is 4.98 Å². The van der Waals surface area contributed by atoms with E-state index in [1.165, 1.54) is 11.3 Å². The fraction of sp³-hybridized carbons (Fsp3) is 0.306. The number of anilines is 2. The lowest BCUT2D eigenvalue weighted by atomic mass is 10.1. The number of unbranched alkanes of at least 4 members (excludes halogenated alkanes) is 1. The molecule has 1 atom stereocenters. The lowest BCUT2D eigenvalue weighted by molar-refractivity contribution is -0.122. The number of nitrogens with zero attached hydrogens (tertiary/aromatic N) is 2. The third-order valence-corrected chi connectivity index (χ3v) is 8.79. The van der Waals surface area contributed by atoms with E-state index in [0.29, 0.717) is 60.1 Å². The molecule has 0 radical (unpaired) electrons. The predicted molar refractivity (Wildman–Crippen MR) is 186 cm³/mol. The summed E-state index contributed by atoms with van der Waals surface area (Å²) in [6.07, 6.45) is 3.76. The van der Waals surface area contributed by atoms with Crippen molar-refractivity contribution >= 4 is 46.3 Å². The van der Waals surface area contributed by atoms with Crippen LogP contribution < -0.4 is 31.2 Å². The molecule has 4 aromatic rings. The van der Waals surface area contributed by atoms with E-state index in [1.807, 2.05) is 34.5 Å². The van der Waals surface area contributed by atoms with Crippen molar-refractivity contribution in [2.45, 2.75) is 50.7 Å². The lowest BCUT2D eigenvalue weighted by Crippen LogP contribution is -2.42. The molecule has 0 spiro atoms. The second-order valence-electron chi connectivity index (χ2n) is 12.0. The Labute approximate surface area is 288 Å². The third-order valence-electron chi connectivity index (χ3n) is 8.16. The number of rotatable bonds is 15. The van der Waals surface area contributed by atoms with E-state index in [0.717, 1.165) is 36.9 Å². The first kappa shape index (κ1) is 33.6. The number of carbonyl (C=O) groups excluding carboxylic acids is 4. The number of nitrogens with two attached hydrogens (primary N) is 1. The minimum Gasteiger partial charge on any atom is -0.494 e. The van der Waals surface area contributed by atoms with Crippen LogP contribution in [0.15, 0.2) is 77.6 Å². The van der Waals surface area contributed by atoms with Gasteiger partial charge in [0.15, 0.2) is 6.61 Å². The fourth-order valence-electron chi connectivity index (χ4n) is 5.37. The van der Waals surface area contributed by atoms with Crippen molar-refractivity contribution in [1.29, 1.82) is 0 Å². The van der Waals surface area contributed by atoms with Gasteiger partial charge in [-0.3, -0.25) is 19.2 Å². The van der Waals surface area contributed by atoms with Crippen molar-refractivity contribution in [3.8, 4) is 11.5 Å². The maximum atomic E-state index is 13.5. The SMILES string of the molecule is N[C@@H](Cc1cscn1)C(=O)NCCCCOc1cccc(NC(=O)c2ccc(CN(C(=O)c3ccc4c(c3)OCC(=O)N4)C3CC3)cc2)c1. The molecular weight excluding hydrogens is 644 g/mol. The quantitative estimate of drug-likeness (QED) is 0.134. The molecule has 3 aromatic carbocycles. The highest BCUT2D eigenvalue weighted by atomic mass is 32.1. The molecular formula is C36H38N6O6S. The van der Waals surface area contributed by atoms with Gasteiger partial charge in [-0.15, -0.1) is 11.3 Å². The Kier molecular flexibility index (Phi) is 10.8. The van der Waals surface area contributed by atoms with Crippen LogP contribution in [0.25, 0.3) is 0 Å². The average Bonchev–Trinajstić information content (AvgIpc) is 3.83. The zero-order chi connectivity index (χ0) is 34.2. The maximum Gasteiger partial charge on any atom is 0.262 e. The van der Waals surface area contributed by atoms with E-state index in [2.05, 4.69) is 20.9 Å². The number of carbonyl (C=O) groups is 4. The Morgan fingerprint density at radius 3 is 2.65 bits per heavy atom. The van der Waals surface area contributed by atoms with Crippen LogP contribution in [0.3, 0.4) is 0 Å². The minimum absolute atomic E-state index is 0.0776. The molecule has 1 saturated carbocycles. The average molecular weight is 683 g/mol. The molecule has 0 saturated heterocycles. The second kappa shape index (κ2) is 15.8.